The summed E-state index contributed by atoms with van der Waals surface area (Å²) in [7, 11) is 0. The second-order valence-electron chi connectivity index (χ2n) is 4.21. The third kappa shape index (κ3) is 2.60. The van der Waals surface area contributed by atoms with E-state index in [2.05, 4.69) is 38.1 Å². The highest BCUT2D eigenvalue weighted by Gasteiger charge is 2.16. The van der Waals surface area contributed by atoms with Crippen LogP contribution >= 0.6 is 0 Å². The van der Waals surface area contributed by atoms with E-state index in [0.29, 0.717) is 0 Å². The summed E-state index contributed by atoms with van der Waals surface area (Å²) in [4.78, 5) is 0. The Morgan fingerprint density at radius 3 is 2.50 bits per heavy atom. The maximum atomic E-state index is 4.00. The molecule has 68 valence electrons. The van der Waals surface area contributed by atoms with Gasteiger partial charge in [-0.3, -0.25) is 0 Å². The summed E-state index contributed by atoms with van der Waals surface area (Å²) < 4.78 is 3.70. The molecule has 1 aromatic heterocycles. The van der Waals surface area contributed by atoms with E-state index in [1.54, 1.807) is 0 Å². The molecule has 0 spiro atoms. The van der Waals surface area contributed by atoms with Crippen LogP contribution in [0.15, 0.2) is 6.33 Å². The van der Waals surface area contributed by atoms with Gasteiger partial charge in [-0.2, -0.15) is 0 Å². The molecule has 1 aromatic rings. The zero-order valence-corrected chi connectivity index (χ0v) is 8.28. The number of rotatable bonds is 2. The van der Waals surface area contributed by atoms with E-state index in [-0.39, 0.29) is 5.41 Å². The molecule has 1 rings (SSSR count). The molecule has 0 N–H and O–H groups in total. The van der Waals surface area contributed by atoms with Crippen molar-refractivity contribution in [2.45, 2.75) is 40.8 Å². The standard InChI is InChI=1S/C8H17N4/c1-5-11-7-12(10-9-11)6-8(2,3)4/h7H,5-6H2,1-4H3/q+1. The highest BCUT2D eigenvalue weighted by molar-refractivity contribution is 4.52. The Hall–Kier alpha value is -0.930. The number of hydrogen-bond acceptors (Lipinski definition) is 2. The number of hydrogen-bond donors (Lipinski definition) is 0. The van der Waals surface area contributed by atoms with Crippen molar-refractivity contribution in [1.82, 2.24) is 15.1 Å². The summed E-state index contributed by atoms with van der Waals surface area (Å²) >= 11 is 0. The van der Waals surface area contributed by atoms with Gasteiger partial charge in [-0.25, -0.2) is 0 Å². The van der Waals surface area contributed by atoms with Gasteiger partial charge in [0.1, 0.15) is 11.8 Å². The Balaban J connectivity index is 2.64. The van der Waals surface area contributed by atoms with E-state index in [4.69, 9.17) is 0 Å². The molecule has 0 saturated carbocycles. The van der Waals surface area contributed by atoms with Crippen molar-refractivity contribution in [3.8, 4) is 0 Å². The van der Waals surface area contributed by atoms with Gasteiger partial charge in [0.15, 0.2) is 5.21 Å². The van der Waals surface area contributed by atoms with Crippen molar-refractivity contribution < 1.29 is 4.68 Å². The Morgan fingerprint density at radius 1 is 1.42 bits per heavy atom. The summed E-state index contributed by atoms with van der Waals surface area (Å²) in [6, 6.07) is 0. The van der Waals surface area contributed by atoms with Gasteiger partial charge in [0.25, 0.3) is 0 Å². The first kappa shape index (κ1) is 9.16. The average molecular weight is 169 g/mol. The average Bonchev–Trinajstić information content (AvgIpc) is 2.32. The molecule has 0 fully saturated rings. The topological polar surface area (TPSA) is 34.6 Å². The fourth-order valence-corrected chi connectivity index (χ4v) is 1.01. The van der Waals surface area contributed by atoms with Crippen LogP contribution in [0.5, 0.6) is 0 Å². The molecular formula is C8H17N4+. The molecule has 0 unspecified atom stereocenters. The summed E-state index contributed by atoms with van der Waals surface area (Å²) in [5, 5.41) is 7.95. The highest BCUT2D eigenvalue weighted by atomic mass is 15.6. The lowest BCUT2D eigenvalue weighted by Crippen LogP contribution is -2.41. The SMILES string of the molecule is CCn1c[n+](CC(C)(C)C)nn1. The highest BCUT2D eigenvalue weighted by Crippen LogP contribution is 2.11. The molecule has 0 aliphatic rings. The van der Waals surface area contributed by atoms with Crippen LogP contribution in [-0.4, -0.2) is 15.1 Å². The molecule has 0 saturated heterocycles. The Kier molecular flexibility index (Phi) is 2.45. The molecule has 0 amide bonds. The summed E-state index contributed by atoms with van der Waals surface area (Å²) in [6.45, 7) is 10.4. The minimum Gasteiger partial charge on any atom is -0.139 e. The number of aryl methyl sites for hydroxylation is 1. The van der Waals surface area contributed by atoms with Crippen LogP contribution in [0.3, 0.4) is 0 Å². The second-order valence-corrected chi connectivity index (χ2v) is 4.21. The molecule has 12 heavy (non-hydrogen) atoms. The minimum atomic E-state index is 0.263. The maximum Gasteiger partial charge on any atom is 0.244 e. The summed E-state index contributed by atoms with van der Waals surface area (Å²) in [5.41, 5.74) is 0.263. The van der Waals surface area contributed by atoms with Crippen molar-refractivity contribution in [1.29, 1.82) is 0 Å². The lowest BCUT2D eigenvalue weighted by molar-refractivity contribution is -0.764. The van der Waals surface area contributed by atoms with Crippen molar-refractivity contribution in [3.05, 3.63) is 6.33 Å². The van der Waals surface area contributed by atoms with Crippen LogP contribution in [0.4, 0.5) is 0 Å². The molecule has 0 aromatic carbocycles. The first-order chi connectivity index (χ1) is 5.51. The van der Waals surface area contributed by atoms with Gasteiger partial charge >= 0.3 is 0 Å². The predicted molar refractivity (Wildman–Crippen MR) is 45.3 cm³/mol. The maximum absolute atomic E-state index is 4.00. The van der Waals surface area contributed by atoms with Gasteiger partial charge in [0, 0.05) is 0 Å². The number of nitrogens with zero attached hydrogens (tertiary/aromatic N) is 4. The monoisotopic (exact) mass is 169 g/mol. The second kappa shape index (κ2) is 3.21. The van der Waals surface area contributed by atoms with Gasteiger partial charge in [-0.15, -0.1) is 4.68 Å². The van der Waals surface area contributed by atoms with Crippen molar-refractivity contribution in [2.75, 3.05) is 0 Å². The number of aromatic nitrogens is 4. The van der Waals surface area contributed by atoms with Crippen molar-refractivity contribution >= 4 is 0 Å². The van der Waals surface area contributed by atoms with Gasteiger partial charge in [-0.05, 0) is 12.3 Å². The zero-order valence-electron chi connectivity index (χ0n) is 8.28. The van der Waals surface area contributed by atoms with E-state index in [1.165, 1.54) is 0 Å². The first-order valence-corrected chi connectivity index (χ1v) is 4.31. The Bertz CT molecular complexity index is 246. The quantitative estimate of drug-likeness (QED) is 0.609. The van der Waals surface area contributed by atoms with E-state index < -0.39 is 0 Å². The van der Waals surface area contributed by atoms with Crippen LogP contribution in [0.2, 0.25) is 0 Å². The molecule has 0 bridgehead atoms. The van der Waals surface area contributed by atoms with Crippen molar-refractivity contribution in [3.63, 3.8) is 0 Å². The van der Waals surface area contributed by atoms with E-state index in [0.717, 1.165) is 13.1 Å². The van der Waals surface area contributed by atoms with Crippen LogP contribution < -0.4 is 4.68 Å². The zero-order chi connectivity index (χ0) is 9.19. The van der Waals surface area contributed by atoms with Gasteiger partial charge < -0.3 is 0 Å². The molecular weight excluding hydrogens is 152 g/mol. The fourth-order valence-electron chi connectivity index (χ4n) is 1.01. The Morgan fingerprint density at radius 2 is 2.08 bits per heavy atom. The summed E-state index contributed by atoms with van der Waals surface area (Å²) in [6.07, 6.45) is 1.94. The van der Waals surface area contributed by atoms with Crippen LogP contribution in [-0.2, 0) is 13.1 Å². The summed E-state index contributed by atoms with van der Waals surface area (Å²) in [5.74, 6) is 0. The molecule has 0 radical (unpaired) electrons. The third-order valence-corrected chi connectivity index (χ3v) is 1.50. The van der Waals surface area contributed by atoms with Crippen LogP contribution in [0.25, 0.3) is 0 Å². The fraction of sp³-hybridized carbons (Fsp3) is 0.875. The predicted octanol–water partition coefficient (Wildman–Crippen LogP) is 0.632. The van der Waals surface area contributed by atoms with Gasteiger partial charge in [0.2, 0.25) is 6.33 Å². The van der Waals surface area contributed by atoms with Crippen LogP contribution in [0.1, 0.15) is 27.7 Å². The third-order valence-electron chi connectivity index (χ3n) is 1.50. The number of tetrazole rings is 1. The molecule has 4 nitrogen and oxygen atoms in total. The van der Waals surface area contributed by atoms with Gasteiger partial charge in [0.05, 0.1) is 6.54 Å². The normalized spacial score (nSPS) is 12.0. The molecule has 0 atom stereocenters. The molecule has 0 aliphatic carbocycles. The van der Waals surface area contributed by atoms with E-state index in [1.807, 2.05) is 15.7 Å². The lowest BCUT2D eigenvalue weighted by Gasteiger charge is -2.13. The molecule has 4 heteroatoms. The van der Waals surface area contributed by atoms with Gasteiger partial charge in [-0.1, -0.05) is 25.5 Å². The first-order valence-electron chi connectivity index (χ1n) is 4.31. The molecule has 1 heterocycles. The van der Waals surface area contributed by atoms with Crippen LogP contribution in [0, 0.1) is 5.41 Å². The Labute approximate surface area is 73.2 Å². The molecule has 0 aliphatic heterocycles. The lowest BCUT2D eigenvalue weighted by atomic mass is 9.97. The van der Waals surface area contributed by atoms with E-state index >= 15 is 0 Å². The largest absolute Gasteiger partial charge is 0.244 e. The minimum absolute atomic E-state index is 0.263. The smallest absolute Gasteiger partial charge is 0.139 e. The van der Waals surface area contributed by atoms with E-state index in [9.17, 15) is 0 Å². The van der Waals surface area contributed by atoms with Crippen molar-refractivity contribution in [2.24, 2.45) is 5.41 Å².